The van der Waals surface area contributed by atoms with Crippen LogP contribution in [0.3, 0.4) is 0 Å². The lowest BCUT2D eigenvalue weighted by atomic mass is 9.88. The van der Waals surface area contributed by atoms with E-state index in [1.54, 1.807) is 26.0 Å². The average molecular weight is 297 g/mol. The van der Waals surface area contributed by atoms with Gasteiger partial charge in [-0.25, -0.2) is 8.78 Å². The van der Waals surface area contributed by atoms with Gasteiger partial charge < -0.3 is 5.11 Å². The minimum atomic E-state index is -1.33. The third kappa shape index (κ3) is 3.17. The van der Waals surface area contributed by atoms with Crippen LogP contribution in [0.25, 0.3) is 0 Å². The summed E-state index contributed by atoms with van der Waals surface area (Å²) in [6.45, 7) is 3.20. The summed E-state index contributed by atoms with van der Waals surface area (Å²) >= 11 is 5.99. The zero-order chi connectivity index (χ0) is 14.9. The predicted octanol–water partition coefficient (Wildman–Crippen LogP) is 4.38. The van der Waals surface area contributed by atoms with E-state index in [9.17, 15) is 13.9 Å². The molecule has 1 unspecified atom stereocenters. The van der Waals surface area contributed by atoms with Crippen molar-refractivity contribution in [2.45, 2.75) is 25.9 Å². The highest BCUT2D eigenvalue weighted by Gasteiger charge is 2.25. The van der Waals surface area contributed by atoms with E-state index in [0.29, 0.717) is 21.7 Å². The highest BCUT2D eigenvalue weighted by atomic mass is 35.5. The second-order valence-electron chi connectivity index (χ2n) is 5.15. The summed E-state index contributed by atoms with van der Waals surface area (Å²) in [5, 5.41) is 10.9. The molecule has 1 nitrogen and oxygen atoms in total. The average Bonchev–Trinajstić information content (AvgIpc) is 2.36. The van der Waals surface area contributed by atoms with Crippen LogP contribution in [0.15, 0.2) is 36.4 Å². The van der Waals surface area contributed by atoms with Crippen LogP contribution >= 0.6 is 11.6 Å². The molecule has 4 heteroatoms. The Morgan fingerprint density at radius 1 is 1.15 bits per heavy atom. The lowest BCUT2D eigenvalue weighted by molar-refractivity contribution is 0.0572. The van der Waals surface area contributed by atoms with Crippen molar-refractivity contribution in [1.29, 1.82) is 0 Å². The molecule has 0 amide bonds. The summed E-state index contributed by atoms with van der Waals surface area (Å²) in [4.78, 5) is 0. The zero-order valence-electron chi connectivity index (χ0n) is 11.3. The fraction of sp³-hybridized carbons (Fsp3) is 0.250. The third-order valence-corrected chi connectivity index (χ3v) is 3.70. The van der Waals surface area contributed by atoms with Crippen molar-refractivity contribution in [1.82, 2.24) is 0 Å². The van der Waals surface area contributed by atoms with Gasteiger partial charge in [-0.15, -0.1) is 0 Å². The van der Waals surface area contributed by atoms with E-state index in [1.807, 2.05) is 0 Å². The molecule has 20 heavy (non-hydrogen) atoms. The number of halogens is 3. The van der Waals surface area contributed by atoms with Gasteiger partial charge in [-0.1, -0.05) is 23.7 Å². The van der Waals surface area contributed by atoms with Crippen LogP contribution in [0.1, 0.15) is 23.6 Å². The molecule has 0 saturated heterocycles. The molecule has 0 heterocycles. The lowest BCUT2D eigenvalue weighted by Crippen LogP contribution is -2.24. The molecular weight excluding hydrogens is 282 g/mol. The van der Waals surface area contributed by atoms with Crippen LogP contribution in [0, 0.1) is 18.6 Å². The molecule has 0 aliphatic heterocycles. The van der Waals surface area contributed by atoms with Crippen molar-refractivity contribution in [2.24, 2.45) is 0 Å². The molecule has 1 atom stereocenters. The molecule has 2 aromatic rings. The number of hydrogen-bond donors (Lipinski definition) is 1. The second kappa shape index (κ2) is 5.51. The molecule has 1 N–H and O–H groups in total. The van der Waals surface area contributed by atoms with Crippen molar-refractivity contribution >= 4 is 11.6 Å². The number of aryl methyl sites for hydroxylation is 1. The van der Waals surface area contributed by atoms with Gasteiger partial charge in [0.2, 0.25) is 0 Å². The van der Waals surface area contributed by atoms with E-state index in [1.165, 1.54) is 24.3 Å². The summed E-state index contributed by atoms with van der Waals surface area (Å²) in [5.74, 6) is -0.802. The van der Waals surface area contributed by atoms with Crippen molar-refractivity contribution in [3.05, 3.63) is 69.7 Å². The molecule has 2 rings (SSSR count). The smallest absolute Gasteiger partial charge is 0.126 e. The van der Waals surface area contributed by atoms with E-state index < -0.39 is 11.4 Å². The van der Waals surface area contributed by atoms with Gasteiger partial charge in [-0.3, -0.25) is 0 Å². The molecule has 2 aromatic carbocycles. The van der Waals surface area contributed by atoms with Gasteiger partial charge in [0.25, 0.3) is 0 Å². The maximum Gasteiger partial charge on any atom is 0.126 e. The molecular formula is C16H15ClF2O. The number of aliphatic hydroxyl groups is 1. The highest BCUT2D eigenvalue weighted by Crippen LogP contribution is 2.29. The van der Waals surface area contributed by atoms with Crippen LogP contribution in [-0.4, -0.2) is 5.11 Å². The van der Waals surface area contributed by atoms with Gasteiger partial charge in [0.1, 0.15) is 11.6 Å². The summed E-state index contributed by atoms with van der Waals surface area (Å²) in [5.41, 5.74) is 0.0957. The first-order valence-electron chi connectivity index (χ1n) is 6.22. The Morgan fingerprint density at radius 2 is 1.85 bits per heavy atom. The van der Waals surface area contributed by atoms with E-state index in [2.05, 4.69) is 0 Å². The van der Waals surface area contributed by atoms with Gasteiger partial charge in [0.15, 0.2) is 0 Å². The Hall–Kier alpha value is -1.45. The van der Waals surface area contributed by atoms with Crippen LogP contribution in [0.2, 0.25) is 5.02 Å². The van der Waals surface area contributed by atoms with Crippen molar-refractivity contribution < 1.29 is 13.9 Å². The predicted molar refractivity (Wildman–Crippen MR) is 75.8 cm³/mol. The van der Waals surface area contributed by atoms with Crippen LogP contribution in [-0.2, 0) is 12.0 Å². The van der Waals surface area contributed by atoms with Crippen LogP contribution in [0.5, 0.6) is 0 Å². The highest BCUT2D eigenvalue weighted by molar-refractivity contribution is 6.31. The van der Waals surface area contributed by atoms with Gasteiger partial charge in [0.05, 0.1) is 5.60 Å². The van der Waals surface area contributed by atoms with E-state index >= 15 is 0 Å². The Morgan fingerprint density at radius 3 is 2.50 bits per heavy atom. The molecule has 0 bridgehead atoms. The molecule has 0 saturated carbocycles. The van der Waals surface area contributed by atoms with Gasteiger partial charge in [-0.05, 0) is 54.8 Å². The summed E-state index contributed by atoms with van der Waals surface area (Å²) in [6.07, 6.45) is 0.103. The molecule has 0 radical (unpaired) electrons. The van der Waals surface area contributed by atoms with Crippen LogP contribution in [0.4, 0.5) is 8.78 Å². The van der Waals surface area contributed by atoms with E-state index in [-0.39, 0.29) is 12.2 Å². The summed E-state index contributed by atoms with van der Waals surface area (Å²) < 4.78 is 26.8. The normalized spacial score (nSPS) is 14.1. The molecule has 0 spiro atoms. The first kappa shape index (κ1) is 14.9. The Balaban J connectivity index is 2.34. The monoisotopic (exact) mass is 296 g/mol. The minimum Gasteiger partial charge on any atom is -0.385 e. The minimum absolute atomic E-state index is 0.103. The fourth-order valence-corrected chi connectivity index (χ4v) is 2.26. The topological polar surface area (TPSA) is 20.2 Å². The van der Waals surface area contributed by atoms with E-state index in [4.69, 9.17) is 11.6 Å². The van der Waals surface area contributed by atoms with Crippen molar-refractivity contribution in [3.63, 3.8) is 0 Å². The molecule has 0 aliphatic carbocycles. The third-order valence-electron chi connectivity index (χ3n) is 3.34. The maximum absolute atomic E-state index is 13.6. The largest absolute Gasteiger partial charge is 0.385 e. The Labute approximate surface area is 121 Å². The summed E-state index contributed by atoms with van der Waals surface area (Å²) in [6, 6.07) is 8.53. The Bertz CT molecular complexity index is 638. The lowest BCUT2D eigenvalue weighted by Gasteiger charge is -2.25. The molecule has 0 fully saturated rings. The SMILES string of the molecule is Cc1ccc(C(C)(O)Cc2cc(F)ccc2Cl)cc1F. The molecule has 0 aliphatic rings. The van der Waals surface area contributed by atoms with Crippen molar-refractivity contribution in [2.75, 3.05) is 0 Å². The van der Waals surface area contributed by atoms with Crippen molar-refractivity contribution in [3.8, 4) is 0 Å². The Kier molecular flexibility index (Phi) is 4.11. The van der Waals surface area contributed by atoms with Gasteiger partial charge in [-0.2, -0.15) is 0 Å². The first-order valence-corrected chi connectivity index (χ1v) is 6.60. The quantitative estimate of drug-likeness (QED) is 0.891. The van der Waals surface area contributed by atoms with Gasteiger partial charge >= 0.3 is 0 Å². The number of benzene rings is 2. The first-order chi connectivity index (χ1) is 9.29. The van der Waals surface area contributed by atoms with Crippen LogP contribution < -0.4 is 0 Å². The number of hydrogen-bond acceptors (Lipinski definition) is 1. The summed E-state index contributed by atoms with van der Waals surface area (Å²) in [7, 11) is 0. The fourth-order valence-electron chi connectivity index (χ4n) is 2.08. The number of rotatable bonds is 3. The molecule has 0 aromatic heterocycles. The maximum atomic E-state index is 13.6. The zero-order valence-corrected chi connectivity index (χ0v) is 12.0. The van der Waals surface area contributed by atoms with E-state index in [0.717, 1.165) is 0 Å². The second-order valence-corrected chi connectivity index (χ2v) is 5.56. The standard InChI is InChI=1S/C16H15ClF2O/c1-10-3-4-12(8-15(10)19)16(2,20)9-11-7-13(18)5-6-14(11)17/h3-8,20H,9H2,1-2H3. The molecule has 106 valence electrons. The van der Waals surface area contributed by atoms with Gasteiger partial charge in [0, 0.05) is 11.4 Å².